The molecule has 1 aromatic heterocycles. The van der Waals surface area contributed by atoms with Crippen molar-refractivity contribution >= 4 is 11.0 Å². The maximum absolute atomic E-state index is 6.37. The monoisotopic (exact) mass is 281 g/mol. The van der Waals surface area contributed by atoms with E-state index >= 15 is 0 Å². The quantitative estimate of drug-likeness (QED) is 0.783. The second kappa shape index (κ2) is 4.82. The van der Waals surface area contributed by atoms with Crippen molar-refractivity contribution in [3.05, 3.63) is 59.9 Å². The van der Waals surface area contributed by atoms with Gasteiger partial charge < -0.3 is 19.6 Å². The molecule has 0 bridgehead atoms. The molecule has 1 aliphatic rings. The van der Waals surface area contributed by atoms with E-state index in [9.17, 15) is 0 Å². The van der Waals surface area contributed by atoms with Gasteiger partial charge in [-0.2, -0.15) is 0 Å². The lowest BCUT2D eigenvalue weighted by atomic mass is 10.0. The third-order valence-corrected chi connectivity index (χ3v) is 3.68. The lowest BCUT2D eigenvalue weighted by Gasteiger charge is -2.22. The summed E-state index contributed by atoms with van der Waals surface area (Å²) in [4.78, 5) is 0. The van der Waals surface area contributed by atoms with Gasteiger partial charge in [0, 0.05) is 10.9 Å². The third-order valence-electron chi connectivity index (χ3n) is 3.68. The van der Waals surface area contributed by atoms with E-state index in [4.69, 9.17) is 19.6 Å². The number of hydrogen-bond acceptors (Lipinski definition) is 4. The first-order chi connectivity index (χ1) is 10.3. The molecule has 1 aliphatic heterocycles. The van der Waals surface area contributed by atoms with Crippen molar-refractivity contribution in [3.63, 3.8) is 0 Å². The minimum Gasteiger partial charge on any atom is -0.486 e. The van der Waals surface area contributed by atoms with E-state index in [1.165, 1.54) is 0 Å². The maximum Gasteiger partial charge on any atom is 0.166 e. The molecule has 0 saturated carbocycles. The molecular formula is C17H15NO3. The molecule has 1 atom stereocenters. The Bertz CT molecular complexity index is 761. The van der Waals surface area contributed by atoms with Gasteiger partial charge in [0.1, 0.15) is 24.6 Å². The highest BCUT2D eigenvalue weighted by Crippen LogP contribution is 2.39. The van der Waals surface area contributed by atoms with Crippen molar-refractivity contribution in [3.8, 4) is 11.5 Å². The van der Waals surface area contributed by atoms with Crippen LogP contribution in [0, 0.1) is 0 Å². The summed E-state index contributed by atoms with van der Waals surface area (Å²) >= 11 is 0. The van der Waals surface area contributed by atoms with Crippen LogP contribution < -0.4 is 15.2 Å². The van der Waals surface area contributed by atoms with Crippen LogP contribution in [0.4, 0.5) is 0 Å². The Hall–Kier alpha value is -2.46. The van der Waals surface area contributed by atoms with Gasteiger partial charge in [-0.15, -0.1) is 0 Å². The van der Waals surface area contributed by atoms with E-state index in [0.29, 0.717) is 13.2 Å². The number of para-hydroxylation sites is 2. The molecule has 0 amide bonds. The molecule has 0 fully saturated rings. The Labute approximate surface area is 122 Å². The fourth-order valence-electron chi connectivity index (χ4n) is 2.65. The van der Waals surface area contributed by atoms with Crippen molar-refractivity contribution in [2.75, 3.05) is 13.2 Å². The van der Waals surface area contributed by atoms with Gasteiger partial charge in [-0.05, 0) is 18.2 Å². The lowest BCUT2D eigenvalue weighted by molar-refractivity contribution is 0.169. The smallest absolute Gasteiger partial charge is 0.166 e. The molecule has 106 valence electrons. The van der Waals surface area contributed by atoms with Crippen LogP contribution in [0.25, 0.3) is 11.0 Å². The predicted octanol–water partition coefficient (Wildman–Crippen LogP) is 3.25. The van der Waals surface area contributed by atoms with E-state index in [-0.39, 0.29) is 6.04 Å². The Morgan fingerprint density at radius 2 is 1.81 bits per heavy atom. The number of hydrogen-bond donors (Lipinski definition) is 1. The number of benzene rings is 2. The van der Waals surface area contributed by atoms with Crippen LogP contribution in [0.1, 0.15) is 17.4 Å². The topological polar surface area (TPSA) is 57.6 Å². The molecule has 4 heteroatoms. The van der Waals surface area contributed by atoms with Crippen molar-refractivity contribution < 1.29 is 13.9 Å². The van der Waals surface area contributed by atoms with E-state index in [1.807, 2.05) is 48.5 Å². The standard InChI is InChI=1S/C17H15NO3/c18-16(15-10-11-4-1-2-6-13(11)21-15)12-5-3-7-14-17(12)20-9-8-19-14/h1-7,10,16H,8-9,18H2. The predicted molar refractivity (Wildman–Crippen MR) is 79.7 cm³/mol. The van der Waals surface area contributed by atoms with Crippen LogP contribution >= 0.6 is 0 Å². The molecule has 2 N–H and O–H groups in total. The lowest BCUT2D eigenvalue weighted by Crippen LogP contribution is -2.19. The molecule has 2 heterocycles. The van der Waals surface area contributed by atoms with Crippen molar-refractivity contribution in [2.45, 2.75) is 6.04 Å². The zero-order valence-corrected chi connectivity index (χ0v) is 11.4. The molecule has 0 radical (unpaired) electrons. The van der Waals surface area contributed by atoms with E-state index in [2.05, 4.69) is 0 Å². The summed E-state index contributed by atoms with van der Waals surface area (Å²) in [7, 11) is 0. The average Bonchev–Trinajstić information content (AvgIpc) is 2.97. The zero-order chi connectivity index (χ0) is 14.2. The summed E-state index contributed by atoms with van der Waals surface area (Å²) in [5, 5.41) is 1.05. The minimum atomic E-state index is -0.381. The average molecular weight is 281 g/mol. The molecule has 4 rings (SSSR count). The molecule has 3 aromatic rings. The molecule has 21 heavy (non-hydrogen) atoms. The molecule has 0 spiro atoms. The van der Waals surface area contributed by atoms with Crippen molar-refractivity contribution in [1.82, 2.24) is 0 Å². The number of ether oxygens (including phenoxy) is 2. The fourth-order valence-corrected chi connectivity index (χ4v) is 2.65. The van der Waals surface area contributed by atoms with Gasteiger partial charge in [0.15, 0.2) is 11.5 Å². The van der Waals surface area contributed by atoms with Crippen molar-refractivity contribution in [2.24, 2.45) is 5.73 Å². The number of furan rings is 1. The van der Waals surface area contributed by atoms with Crippen molar-refractivity contribution in [1.29, 1.82) is 0 Å². The molecule has 1 unspecified atom stereocenters. The third kappa shape index (κ3) is 2.04. The molecule has 2 aromatic carbocycles. The van der Waals surface area contributed by atoms with Gasteiger partial charge in [-0.1, -0.05) is 30.3 Å². The summed E-state index contributed by atoms with van der Waals surface area (Å²) < 4.78 is 17.2. The molecule has 4 nitrogen and oxygen atoms in total. The highest BCUT2D eigenvalue weighted by molar-refractivity contribution is 5.78. The largest absolute Gasteiger partial charge is 0.486 e. The van der Waals surface area contributed by atoms with Gasteiger partial charge in [0.2, 0.25) is 0 Å². The van der Waals surface area contributed by atoms with Gasteiger partial charge in [-0.25, -0.2) is 0 Å². The summed E-state index contributed by atoms with van der Waals surface area (Å²) in [6, 6.07) is 15.2. The van der Waals surface area contributed by atoms with Gasteiger partial charge in [-0.3, -0.25) is 0 Å². The Balaban J connectivity index is 1.79. The van der Waals surface area contributed by atoms with Crippen LogP contribution in [-0.2, 0) is 0 Å². The minimum absolute atomic E-state index is 0.381. The van der Waals surface area contributed by atoms with E-state index < -0.39 is 0 Å². The zero-order valence-electron chi connectivity index (χ0n) is 11.4. The van der Waals surface area contributed by atoms with E-state index in [1.54, 1.807) is 0 Å². The summed E-state index contributed by atoms with van der Waals surface area (Å²) in [6.45, 7) is 1.10. The number of fused-ring (bicyclic) bond motifs is 2. The van der Waals surface area contributed by atoms with Crippen LogP contribution in [0.3, 0.4) is 0 Å². The Morgan fingerprint density at radius 3 is 2.71 bits per heavy atom. The van der Waals surface area contributed by atoms with Gasteiger partial charge >= 0.3 is 0 Å². The summed E-state index contributed by atoms with van der Waals surface area (Å²) in [5.74, 6) is 2.18. The summed E-state index contributed by atoms with van der Waals surface area (Å²) in [5.41, 5.74) is 8.09. The second-order valence-corrected chi connectivity index (χ2v) is 5.04. The highest BCUT2D eigenvalue weighted by Gasteiger charge is 2.23. The van der Waals surface area contributed by atoms with Gasteiger partial charge in [0.05, 0.1) is 6.04 Å². The Morgan fingerprint density at radius 1 is 0.952 bits per heavy atom. The maximum atomic E-state index is 6.37. The summed E-state index contributed by atoms with van der Waals surface area (Å²) in [6.07, 6.45) is 0. The van der Waals surface area contributed by atoms with Gasteiger partial charge in [0.25, 0.3) is 0 Å². The van der Waals surface area contributed by atoms with Crippen LogP contribution in [0.2, 0.25) is 0 Å². The fraction of sp³-hybridized carbons (Fsp3) is 0.176. The van der Waals surface area contributed by atoms with Crippen LogP contribution in [0.15, 0.2) is 52.9 Å². The van der Waals surface area contributed by atoms with Crippen LogP contribution in [0.5, 0.6) is 11.5 Å². The van der Waals surface area contributed by atoms with Crippen LogP contribution in [-0.4, -0.2) is 13.2 Å². The van der Waals surface area contributed by atoms with E-state index in [0.717, 1.165) is 33.8 Å². The molecule has 0 aliphatic carbocycles. The normalized spacial score (nSPS) is 15.1. The Kier molecular flexibility index (Phi) is 2.82. The molecular weight excluding hydrogens is 266 g/mol. The second-order valence-electron chi connectivity index (χ2n) is 5.04. The number of rotatable bonds is 2. The highest BCUT2D eigenvalue weighted by atomic mass is 16.6. The molecule has 0 saturated heterocycles. The first-order valence-electron chi connectivity index (χ1n) is 6.95. The number of nitrogens with two attached hydrogens (primary N) is 1. The SMILES string of the molecule is NC(c1cc2ccccc2o1)c1cccc2c1OCCO2. The first kappa shape index (κ1) is 12.3. The first-order valence-corrected chi connectivity index (χ1v) is 6.95.